The van der Waals surface area contributed by atoms with E-state index in [4.69, 9.17) is 0 Å². The summed E-state index contributed by atoms with van der Waals surface area (Å²) in [6.45, 7) is 7.67. The molecule has 1 unspecified atom stereocenters. The summed E-state index contributed by atoms with van der Waals surface area (Å²) >= 11 is 0. The molecule has 1 atom stereocenters. The van der Waals surface area contributed by atoms with Crippen molar-refractivity contribution < 1.29 is 4.39 Å². The highest BCUT2D eigenvalue weighted by Gasteiger charge is 2.24. The molecule has 0 saturated carbocycles. The highest BCUT2D eigenvalue weighted by atomic mass is 19.1. The zero-order valence-corrected chi connectivity index (χ0v) is 13.2. The van der Waals surface area contributed by atoms with Gasteiger partial charge in [0.1, 0.15) is 18.0 Å². The van der Waals surface area contributed by atoms with Gasteiger partial charge in [0.05, 0.1) is 5.52 Å². The zero-order valence-electron chi connectivity index (χ0n) is 13.2. The first-order chi connectivity index (χ1) is 10.6. The van der Waals surface area contributed by atoms with Crippen LogP contribution >= 0.6 is 0 Å². The third-order valence-electron chi connectivity index (χ3n) is 4.46. The molecule has 0 bridgehead atoms. The molecule has 0 amide bonds. The Labute approximate surface area is 130 Å². The van der Waals surface area contributed by atoms with Gasteiger partial charge >= 0.3 is 0 Å². The molecule has 0 radical (unpaired) electrons. The molecule has 1 fully saturated rings. The van der Waals surface area contributed by atoms with Crippen molar-refractivity contribution in [3.8, 4) is 0 Å². The molecule has 2 aromatic rings. The molecule has 1 N–H and O–H groups in total. The van der Waals surface area contributed by atoms with Gasteiger partial charge in [-0.15, -0.1) is 0 Å². The number of hydrogen-bond acceptors (Lipinski definition) is 4. The Balaban J connectivity index is 1.78. The maximum absolute atomic E-state index is 13.5. The highest BCUT2D eigenvalue weighted by molar-refractivity contribution is 5.88. The molecule has 3 rings (SSSR count). The van der Waals surface area contributed by atoms with Crippen LogP contribution in [0.15, 0.2) is 24.5 Å². The van der Waals surface area contributed by atoms with Crippen LogP contribution in [0.3, 0.4) is 0 Å². The third-order valence-corrected chi connectivity index (χ3v) is 4.46. The summed E-state index contributed by atoms with van der Waals surface area (Å²) < 4.78 is 13.5. The summed E-state index contributed by atoms with van der Waals surface area (Å²) in [5.41, 5.74) is 0.765. The van der Waals surface area contributed by atoms with Crippen molar-refractivity contribution in [3.05, 3.63) is 30.3 Å². The van der Waals surface area contributed by atoms with E-state index in [9.17, 15) is 4.39 Å². The van der Waals surface area contributed by atoms with Crippen molar-refractivity contribution in [1.82, 2.24) is 14.9 Å². The topological polar surface area (TPSA) is 41.1 Å². The van der Waals surface area contributed by atoms with Crippen LogP contribution < -0.4 is 5.32 Å². The fourth-order valence-electron chi connectivity index (χ4n) is 3.23. The molecule has 1 aliphatic heterocycles. The molecule has 1 aromatic heterocycles. The second kappa shape index (κ2) is 6.57. The Morgan fingerprint density at radius 1 is 1.23 bits per heavy atom. The molecular formula is C17H23FN4. The molecular weight excluding hydrogens is 279 g/mol. The fraction of sp³-hybridized carbons (Fsp3) is 0.529. The van der Waals surface area contributed by atoms with Crippen LogP contribution in [0, 0.1) is 11.7 Å². The average Bonchev–Trinajstić information content (AvgIpc) is 3.01. The fourth-order valence-corrected chi connectivity index (χ4v) is 3.23. The van der Waals surface area contributed by atoms with Gasteiger partial charge in [-0.1, -0.05) is 13.8 Å². The van der Waals surface area contributed by atoms with Gasteiger partial charge < -0.3 is 5.32 Å². The molecule has 2 heterocycles. The summed E-state index contributed by atoms with van der Waals surface area (Å²) in [5.74, 6) is 1.02. The smallest absolute Gasteiger partial charge is 0.137 e. The van der Waals surface area contributed by atoms with Crippen LogP contribution in [0.1, 0.15) is 26.7 Å². The Kier molecular flexibility index (Phi) is 4.52. The van der Waals surface area contributed by atoms with E-state index in [1.807, 2.05) is 0 Å². The summed E-state index contributed by atoms with van der Waals surface area (Å²) in [5, 5.41) is 4.16. The molecule has 4 nitrogen and oxygen atoms in total. The van der Waals surface area contributed by atoms with Gasteiger partial charge in [0.25, 0.3) is 0 Å². The van der Waals surface area contributed by atoms with Gasteiger partial charge in [0.2, 0.25) is 0 Å². The highest BCUT2D eigenvalue weighted by Crippen LogP contribution is 2.22. The summed E-state index contributed by atoms with van der Waals surface area (Å²) in [7, 11) is 0. The largest absolute Gasteiger partial charge is 0.368 e. The number of halogens is 1. The second-order valence-electron chi connectivity index (χ2n) is 6.32. The van der Waals surface area contributed by atoms with Crippen LogP contribution in [0.5, 0.6) is 0 Å². The van der Waals surface area contributed by atoms with Crippen LogP contribution in [0.4, 0.5) is 10.2 Å². The average molecular weight is 302 g/mol. The Morgan fingerprint density at radius 2 is 2.00 bits per heavy atom. The maximum atomic E-state index is 13.5. The van der Waals surface area contributed by atoms with Crippen molar-refractivity contribution in [2.24, 2.45) is 5.92 Å². The van der Waals surface area contributed by atoms with E-state index in [2.05, 4.69) is 34.0 Å². The van der Waals surface area contributed by atoms with Gasteiger partial charge in [-0.3, -0.25) is 4.90 Å². The number of benzene rings is 1. The minimum absolute atomic E-state index is 0.259. The number of aromatic nitrogens is 2. The van der Waals surface area contributed by atoms with E-state index in [0.717, 1.165) is 17.4 Å². The van der Waals surface area contributed by atoms with Crippen LogP contribution in [-0.4, -0.2) is 40.5 Å². The number of nitrogens with zero attached hydrogens (tertiary/aromatic N) is 3. The number of nitrogens with one attached hydrogen (secondary N) is 1. The maximum Gasteiger partial charge on any atom is 0.137 e. The van der Waals surface area contributed by atoms with E-state index in [1.54, 1.807) is 6.07 Å². The molecule has 1 saturated heterocycles. The normalized spacial score (nSPS) is 17.3. The molecule has 5 heteroatoms. The van der Waals surface area contributed by atoms with Gasteiger partial charge in [-0.2, -0.15) is 0 Å². The monoisotopic (exact) mass is 302 g/mol. The van der Waals surface area contributed by atoms with Crippen LogP contribution in [-0.2, 0) is 0 Å². The second-order valence-corrected chi connectivity index (χ2v) is 6.32. The molecule has 1 aromatic carbocycles. The summed E-state index contributed by atoms with van der Waals surface area (Å²) in [6.07, 6.45) is 4.10. The molecule has 118 valence electrons. The zero-order chi connectivity index (χ0) is 15.5. The first kappa shape index (κ1) is 15.2. The predicted molar refractivity (Wildman–Crippen MR) is 87.4 cm³/mol. The number of rotatable bonds is 5. The van der Waals surface area contributed by atoms with Crippen molar-refractivity contribution in [1.29, 1.82) is 0 Å². The lowest BCUT2D eigenvalue weighted by atomic mass is 10.0. The number of anilines is 1. The molecule has 0 spiro atoms. The molecule has 0 aliphatic carbocycles. The standard InChI is InChI=1S/C17H23FN4/c1-12(2)16(22-7-3-4-8-22)10-19-17-14-9-13(18)5-6-15(14)20-11-21-17/h5-6,9,11-12,16H,3-4,7-8,10H2,1-2H3,(H,19,20,21). The summed E-state index contributed by atoms with van der Waals surface area (Å²) in [6, 6.07) is 5.09. The van der Waals surface area contributed by atoms with Gasteiger partial charge in [-0.25, -0.2) is 14.4 Å². The van der Waals surface area contributed by atoms with Crippen molar-refractivity contribution in [3.63, 3.8) is 0 Å². The SMILES string of the molecule is CC(C)C(CNc1ncnc2ccc(F)cc12)N1CCCC1. The van der Waals surface area contributed by atoms with Gasteiger partial charge in [0.15, 0.2) is 0 Å². The Bertz CT molecular complexity index is 638. The quantitative estimate of drug-likeness (QED) is 0.920. The first-order valence-corrected chi connectivity index (χ1v) is 8.03. The number of hydrogen-bond donors (Lipinski definition) is 1. The van der Waals surface area contributed by atoms with Crippen molar-refractivity contribution >= 4 is 16.7 Å². The minimum atomic E-state index is -0.259. The van der Waals surface area contributed by atoms with Gasteiger partial charge in [-0.05, 0) is 50.0 Å². The van der Waals surface area contributed by atoms with Crippen LogP contribution in [0.25, 0.3) is 10.9 Å². The first-order valence-electron chi connectivity index (χ1n) is 8.03. The van der Waals surface area contributed by atoms with E-state index in [1.165, 1.54) is 44.4 Å². The lowest BCUT2D eigenvalue weighted by molar-refractivity contribution is 0.201. The van der Waals surface area contributed by atoms with Gasteiger partial charge in [0, 0.05) is 18.0 Å². The van der Waals surface area contributed by atoms with E-state index < -0.39 is 0 Å². The van der Waals surface area contributed by atoms with Crippen LogP contribution in [0.2, 0.25) is 0 Å². The summed E-state index contributed by atoms with van der Waals surface area (Å²) in [4.78, 5) is 11.0. The van der Waals surface area contributed by atoms with E-state index in [-0.39, 0.29) is 5.82 Å². The molecule has 22 heavy (non-hydrogen) atoms. The lowest BCUT2D eigenvalue weighted by Gasteiger charge is -2.31. The Hall–Kier alpha value is -1.75. The van der Waals surface area contributed by atoms with Crippen molar-refractivity contribution in [2.75, 3.05) is 25.0 Å². The lowest BCUT2D eigenvalue weighted by Crippen LogP contribution is -2.42. The Morgan fingerprint density at radius 3 is 2.73 bits per heavy atom. The van der Waals surface area contributed by atoms with Crippen molar-refractivity contribution in [2.45, 2.75) is 32.7 Å². The third kappa shape index (κ3) is 3.19. The predicted octanol–water partition coefficient (Wildman–Crippen LogP) is 3.30. The minimum Gasteiger partial charge on any atom is -0.368 e. The van der Waals surface area contributed by atoms with E-state index >= 15 is 0 Å². The number of fused-ring (bicyclic) bond motifs is 1. The molecule has 1 aliphatic rings. The van der Waals surface area contributed by atoms with E-state index in [0.29, 0.717) is 17.8 Å². The number of likely N-dealkylation sites (tertiary alicyclic amines) is 1.